The number of hydrogen-bond donors (Lipinski definition) is 1. The van der Waals surface area contributed by atoms with Crippen molar-refractivity contribution in [3.05, 3.63) is 40.9 Å². The average Bonchev–Trinajstić information content (AvgIpc) is 3.03. The van der Waals surface area contributed by atoms with Gasteiger partial charge < -0.3 is 10.2 Å². The first kappa shape index (κ1) is 20.8. The van der Waals surface area contributed by atoms with Crippen LogP contribution in [0.5, 0.6) is 0 Å². The summed E-state index contributed by atoms with van der Waals surface area (Å²) >= 11 is 1.66. The molecule has 2 aromatic rings. The van der Waals surface area contributed by atoms with Crippen LogP contribution in [-0.4, -0.2) is 54.4 Å². The molecular weight excluding hydrogens is 392 g/mol. The smallest absolute Gasteiger partial charge is 0.194 e. The molecule has 0 bridgehead atoms. The summed E-state index contributed by atoms with van der Waals surface area (Å²) in [6.45, 7) is 9.79. The fourth-order valence-electron chi connectivity index (χ4n) is 3.18. The molecule has 3 rings (SSSR count). The fraction of sp³-hybridized carbons (Fsp3) is 0.500. The number of nitrogens with one attached hydrogen (secondary N) is 1. The van der Waals surface area contributed by atoms with Crippen LogP contribution in [0.15, 0.2) is 35.3 Å². The van der Waals surface area contributed by atoms with Gasteiger partial charge in [0.25, 0.3) is 0 Å². The summed E-state index contributed by atoms with van der Waals surface area (Å²) in [5, 5.41) is 4.31. The molecule has 1 aliphatic rings. The van der Waals surface area contributed by atoms with Gasteiger partial charge in [0, 0.05) is 30.1 Å². The maximum absolute atomic E-state index is 12.3. The van der Waals surface area contributed by atoms with Gasteiger partial charge in [-0.15, -0.1) is 11.3 Å². The van der Waals surface area contributed by atoms with Gasteiger partial charge in [0.15, 0.2) is 15.8 Å². The van der Waals surface area contributed by atoms with Crippen LogP contribution in [0.2, 0.25) is 0 Å². The van der Waals surface area contributed by atoms with E-state index in [4.69, 9.17) is 9.98 Å². The van der Waals surface area contributed by atoms with Crippen molar-refractivity contribution in [2.75, 3.05) is 25.4 Å². The number of aliphatic imine (C=N–C) groups is 1. The van der Waals surface area contributed by atoms with Crippen molar-refractivity contribution < 1.29 is 8.42 Å². The maximum atomic E-state index is 12.3. The molecule has 28 heavy (non-hydrogen) atoms. The molecule has 1 aliphatic heterocycles. The van der Waals surface area contributed by atoms with Gasteiger partial charge in [0.2, 0.25) is 0 Å². The summed E-state index contributed by atoms with van der Waals surface area (Å²) in [5.74, 6) is 0.918. The first-order valence-corrected chi connectivity index (χ1v) is 12.0. The summed E-state index contributed by atoms with van der Waals surface area (Å²) in [5.41, 5.74) is 2.10. The zero-order chi connectivity index (χ0) is 20.4. The van der Waals surface area contributed by atoms with Crippen molar-refractivity contribution in [2.45, 2.75) is 39.0 Å². The molecule has 0 radical (unpaired) electrons. The Labute approximate surface area is 171 Å². The highest BCUT2D eigenvalue weighted by molar-refractivity contribution is 7.92. The van der Waals surface area contributed by atoms with E-state index in [1.807, 2.05) is 32.0 Å². The van der Waals surface area contributed by atoms with E-state index in [9.17, 15) is 8.42 Å². The Kier molecular flexibility index (Phi) is 6.09. The van der Waals surface area contributed by atoms with E-state index in [-0.39, 0.29) is 5.75 Å². The molecular formula is C20H28N4O2S2. The Bertz CT molecular complexity index is 950. The van der Waals surface area contributed by atoms with Crippen LogP contribution < -0.4 is 5.32 Å². The Morgan fingerprint density at radius 3 is 2.68 bits per heavy atom. The molecule has 0 spiro atoms. The minimum atomic E-state index is -3.08. The Morgan fingerprint density at radius 1 is 1.32 bits per heavy atom. The topological polar surface area (TPSA) is 74.7 Å². The van der Waals surface area contributed by atoms with Crippen LogP contribution >= 0.6 is 11.3 Å². The Hall–Kier alpha value is -1.93. The number of guanidine groups is 1. The molecule has 0 amide bonds. The molecule has 1 fully saturated rings. The summed E-state index contributed by atoms with van der Waals surface area (Å²) in [6.07, 6.45) is 0. The normalized spacial score (nSPS) is 18.9. The van der Waals surface area contributed by atoms with Gasteiger partial charge in [0.1, 0.15) is 5.01 Å². The predicted octanol–water partition coefficient (Wildman–Crippen LogP) is 3.09. The SMILES string of the molecule is CCNC(=NCc1sc(-c2ccccc2)nc1C)N1CCS(=O)(=O)C(C)(C)C1. The second-order valence-corrected chi connectivity index (χ2v) is 11.4. The highest BCUT2D eigenvalue weighted by atomic mass is 32.2. The van der Waals surface area contributed by atoms with Crippen molar-refractivity contribution in [1.29, 1.82) is 0 Å². The summed E-state index contributed by atoms with van der Waals surface area (Å²) in [4.78, 5) is 12.7. The number of thiazole rings is 1. The van der Waals surface area contributed by atoms with Crippen molar-refractivity contribution in [2.24, 2.45) is 4.99 Å². The largest absolute Gasteiger partial charge is 0.357 e. The minimum absolute atomic E-state index is 0.155. The van der Waals surface area contributed by atoms with E-state index >= 15 is 0 Å². The molecule has 0 saturated carbocycles. The fourth-order valence-corrected chi connectivity index (χ4v) is 5.53. The quantitative estimate of drug-likeness (QED) is 0.608. The summed E-state index contributed by atoms with van der Waals surface area (Å²) in [7, 11) is -3.08. The van der Waals surface area contributed by atoms with Gasteiger partial charge in [0.05, 0.1) is 22.7 Å². The highest BCUT2D eigenvalue weighted by Gasteiger charge is 2.40. The van der Waals surface area contributed by atoms with Crippen LogP contribution in [0, 0.1) is 6.92 Å². The Balaban J connectivity index is 1.80. The first-order valence-electron chi connectivity index (χ1n) is 9.51. The van der Waals surface area contributed by atoms with Gasteiger partial charge in [-0.3, -0.25) is 0 Å². The van der Waals surface area contributed by atoms with E-state index in [0.29, 0.717) is 19.6 Å². The van der Waals surface area contributed by atoms with E-state index in [0.717, 1.165) is 33.6 Å². The number of sulfone groups is 1. The second-order valence-electron chi connectivity index (χ2n) is 7.56. The second kappa shape index (κ2) is 8.21. The predicted molar refractivity (Wildman–Crippen MR) is 117 cm³/mol. The van der Waals surface area contributed by atoms with Gasteiger partial charge in [-0.1, -0.05) is 30.3 Å². The molecule has 1 aromatic carbocycles. The van der Waals surface area contributed by atoms with Crippen LogP contribution in [0.25, 0.3) is 10.6 Å². The van der Waals surface area contributed by atoms with E-state index in [2.05, 4.69) is 22.3 Å². The lowest BCUT2D eigenvalue weighted by atomic mass is 10.2. The average molecular weight is 421 g/mol. The zero-order valence-corrected chi connectivity index (χ0v) is 18.5. The van der Waals surface area contributed by atoms with E-state index in [1.54, 1.807) is 25.2 Å². The van der Waals surface area contributed by atoms with Gasteiger partial charge in [-0.25, -0.2) is 18.4 Å². The number of benzene rings is 1. The van der Waals surface area contributed by atoms with Crippen molar-refractivity contribution in [1.82, 2.24) is 15.2 Å². The summed E-state index contributed by atoms with van der Waals surface area (Å²) < 4.78 is 23.8. The van der Waals surface area contributed by atoms with Crippen LogP contribution in [0.1, 0.15) is 31.3 Å². The van der Waals surface area contributed by atoms with E-state index < -0.39 is 14.6 Å². The third kappa shape index (κ3) is 4.38. The van der Waals surface area contributed by atoms with Gasteiger partial charge in [-0.05, 0) is 27.7 Å². The lowest BCUT2D eigenvalue weighted by molar-refractivity contribution is 0.353. The van der Waals surface area contributed by atoms with Crippen LogP contribution in [0.4, 0.5) is 0 Å². The van der Waals surface area contributed by atoms with Crippen molar-refractivity contribution in [3.8, 4) is 10.6 Å². The molecule has 1 saturated heterocycles. The lowest BCUT2D eigenvalue weighted by Gasteiger charge is -2.39. The molecule has 6 nitrogen and oxygen atoms in total. The van der Waals surface area contributed by atoms with Gasteiger partial charge in [-0.2, -0.15) is 0 Å². The van der Waals surface area contributed by atoms with Crippen molar-refractivity contribution in [3.63, 3.8) is 0 Å². The molecule has 152 valence electrons. The van der Waals surface area contributed by atoms with E-state index in [1.165, 1.54) is 0 Å². The lowest BCUT2D eigenvalue weighted by Crippen LogP contribution is -2.57. The number of hydrogen-bond acceptors (Lipinski definition) is 5. The highest BCUT2D eigenvalue weighted by Crippen LogP contribution is 2.28. The summed E-state index contributed by atoms with van der Waals surface area (Å²) in [6, 6.07) is 10.1. The Morgan fingerprint density at radius 2 is 2.04 bits per heavy atom. The number of nitrogens with zero attached hydrogens (tertiary/aromatic N) is 3. The first-order chi connectivity index (χ1) is 13.2. The monoisotopic (exact) mass is 420 g/mol. The maximum Gasteiger partial charge on any atom is 0.194 e. The molecule has 0 aliphatic carbocycles. The molecule has 0 atom stereocenters. The molecule has 1 N–H and O–H groups in total. The number of aromatic nitrogens is 1. The van der Waals surface area contributed by atoms with Crippen LogP contribution in [-0.2, 0) is 16.4 Å². The molecule has 2 heterocycles. The van der Waals surface area contributed by atoms with Gasteiger partial charge >= 0.3 is 0 Å². The van der Waals surface area contributed by atoms with Crippen molar-refractivity contribution >= 4 is 27.1 Å². The molecule has 1 aromatic heterocycles. The molecule has 0 unspecified atom stereocenters. The standard InChI is InChI=1S/C20H28N4O2S2/c1-5-21-19(24-11-12-28(25,26)20(3,4)14-24)22-13-17-15(2)23-18(27-17)16-9-7-6-8-10-16/h6-10H,5,11-14H2,1-4H3,(H,21,22). The number of rotatable bonds is 4. The molecule has 8 heteroatoms. The minimum Gasteiger partial charge on any atom is -0.357 e. The third-order valence-electron chi connectivity index (χ3n) is 4.96. The number of aryl methyl sites for hydroxylation is 1. The third-order valence-corrected chi connectivity index (χ3v) is 8.69. The zero-order valence-electron chi connectivity index (χ0n) is 16.9. The van der Waals surface area contributed by atoms with Crippen LogP contribution in [0.3, 0.4) is 0 Å².